The molecule has 118 valence electrons. The summed E-state index contributed by atoms with van der Waals surface area (Å²) in [5.41, 5.74) is 0.206. The maximum absolute atomic E-state index is 12.7. The molecule has 0 aromatic heterocycles. The van der Waals surface area contributed by atoms with E-state index < -0.39 is 19.4 Å². The Morgan fingerprint density at radius 3 is 2.19 bits per heavy atom. The fourth-order valence-electron chi connectivity index (χ4n) is 1.68. The Kier molecular flexibility index (Phi) is 7.17. The van der Waals surface area contributed by atoms with Gasteiger partial charge in [0.25, 0.3) is 0 Å². The van der Waals surface area contributed by atoms with Crippen LogP contribution in [0.15, 0.2) is 18.2 Å². The first-order chi connectivity index (χ1) is 9.89. The van der Waals surface area contributed by atoms with Crippen molar-refractivity contribution in [1.82, 2.24) is 0 Å². The van der Waals surface area contributed by atoms with E-state index in [-0.39, 0.29) is 22.0 Å². The summed E-state index contributed by atoms with van der Waals surface area (Å²) in [6, 6.07) is 4.74. The van der Waals surface area contributed by atoms with Crippen LogP contribution in [0.25, 0.3) is 0 Å². The van der Waals surface area contributed by atoms with E-state index in [1.54, 1.807) is 18.2 Å². The van der Waals surface area contributed by atoms with Gasteiger partial charge >= 0.3 is 13.6 Å². The number of ether oxygens (including phenoxy) is 1. The van der Waals surface area contributed by atoms with Crippen molar-refractivity contribution in [2.75, 3.05) is 14.2 Å². The van der Waals surface area contributed by atoms with Crippen LogP contribution >= 0.6 is 30.8 Å². The zero-order valence-corrected chi connectivity index (χ0v) is 14.4. The highest BCUT2D eigenvalue weighted by Gasteiger charge is 2.41. The van der Waals surface area contributed by atoms with E-state index in [0.717, 1.165) is 0 Å². The van der Waals surface area contributed by atoms with E-state index in [4.69, 9.17) is 37.0 Å². The van der Waals surface area contributed by atoms with Crippen LogP contribution in [0.1, 0.15) is 31.2 Å². The number of carbonyl (C=O) groups is 1. The highest BCUT2D eigenvalue weighted by molar-refractivity contribution is 7.54. The summed E-state index contributed by atoms with van der Waals surface area (Å²) in [5, 5.41) is 0.428. The smallest absolute Gasteiger partial charge is 0.375 e. The topological polar surface area (TPSA) is 61.8 Å². The minimum atomic E-state index is -3.76. The van der Waals surface area contributed by atoms with Crippen molar-refractivity contribution < 1.29 is 23.1 Å². The summed E-state index contributed by atoms with van der Waals surface area (Å²) >= 11 is 12.2. The fraction of sp³-hybridized carbons (Fsp3) is 0.462. The molecule has 0 aliphatic heterocycles. The molecule has 0 radical (unpaired) electrons. The van der Waals surface area contributed by atoms with Gasteiger partial charge < -0.3 is 13.8 Å². The number of hydrogen-bond donors (Lipinski definition) is 0. The number of esters is 1. The van der Waals surface area contributed by atoms with Crippen molar-refractivity contribution in [2.45, 2.75) is 25.6 Å². The monoisotopic (exact) mass is 354 g/mol. The molecule has 0 aliphatic carbocycles. The minimum Gasteiger partial charge on any atom is -0.444 e. The second kappa shape index (κ2) is 8.16. The molecule has 21 heavy (non-hydrogen) atoms. The van der Waals surface area contributed by atoms with E-state index in [2.05, 4.69) is 0 Å². The molecule has 0 fully saturated rings. The minimum absolute atomic E-state index is 0.173. The standard InChI is InChI=1S/C13H17Cl2O5P/c1-4-6-11(16)20-13(21(17,18-2)19-3)12-9(14)7-5-8-10(12)15/h5,7-8,13H,4,6H2,1-3H3. The molecule has 0 aliphatic rings. The van der Waals surface area contributed by atoms with Gasteiger partial charge in [-0.3, -0.25) is 9.36 Å². The molecule has 0 saturated carbocycles. The van der Waals surface area contributed by atoms with E-state index in [9.17, 15) is 9.36 Å². The fourth-order valence-corrected chi connectivity index (χ4v) is 3.80. The molecule has 8 heteroatoms. The number of rotatable bonds is 7. The number of carbonyl (C=O) groups excluding carboxylic acids is 1. The Balaban J connectivity index is 3.31. The third-order valence-electron chi connectivity index (χ3n) is 2.74. The Labute approximate surface area is 134 Å². The summed E-state index contributed by atoms with van der Waals surface area (Å²) in [5.74, 6) is -1.85. The molecule has 5 nitrogen and oxygen atoms in total. The zero-order valence-electron chi connectivity index (χ0n) is 12.0. The van der Waals surface area contributed by atoms with Gasteiger partial charge in [0.15, 0.2) is 0 Å². The lowest BCUT2D eigenvalue weighted by Gasteiger charge is -2.25. The van der Waals surface area contributed by atoms with Crippen LogP contribution < -0.4 is 0 Å². The average molecular weight is 355 g/mol. The number of benzene rings is 1. The third kappa shape index (κ3) is 4.44. The summed E-state index contributed by atoms with van der Waals surface area (Å²) < 4.78 is 27.8. The molecule has 0 N–H and O–H groups in total. The van der Waals surface area contributed by atoms with Gasteiger partial charge in [0.05, 0.1) is 0 Å². The van der Waals surface area contributed by atoms with Crippen LogP contribution in [0.2, 0.25) is 10.0 Å². The lowest BCUT2D eigenvalue weighted by molar-refractivity contribution is -0.146. The SMILES string of the molecule is CCCC(=O)OC(c1c(Cl)cccc1Cl)P(=O)(OC)OC. The number of hydrogen-bond acceptors (Lipinski definition) is 5. The Morgan fingerprint density at radius 1 is 1.24 bits per heavy atom. The summed E-state index contributed by atoms with van der Waals surface area (Å²) in [6.45, 7) is 1.82. The van der Waals surface area contributed by atoms with Gasteiger partial charge in [-0.05, 0) is 18.6 Å². The summed E-state index contributed by atoms with van der Waals surface area (Å²) in [6.07, 6.45) is 0.762. The normalized spacial score (nSPS) is 13.0. The predicted molar refractivity (Wildman–Crippen MR) is 81.8 cm³/mol. The second-order valence-electron chi connectivity index (χ2n) is 4.13. The van der Waals surface area contributed by atoms with Crippen LogP contribution in [-0.2, 0) is 23.1 Å². The molecule has 0 bridgehead atoms. The van der Waals surface area contributed by atoms with E-state index in [0.29, 0.717) is 6.42 Å². The van der Waals surface area contributed by atoms with Crippen molar-refractivity contribution in [1.29, 1.82) is 0 Å². The maximum atomic E-state index is 12.7. The maximum Gasteiger partial charge on any atom is 0.375 e. The van der Waals surface area contributed by atoms with Gasteiger partial charge in [-0.15, -0.1) is 0 Å². The molecule has 1 aromatic rings. The molecule has 1 aromatic carbocycles. The highest BCUT2D eigenvalue weighted by atomic mass is 35.5. The first-order valence-corrected chi connectivity index (χ1v) is 8.61. The van der Waals surface area contributed by atoms with E-state index in [1.165, 1.54) is 14.2 Å². The van der Waals surface area contributed by atoms with Gasteiger partial charge in [-0.25, -0.2) is 0 Å². The number of halogens is 2. The summed E-state index contributed by atoms with van der Waals surface area (Å²) in [7, 11) is -1.35. The lowest BCUT2D eigenvalue weighted by atomic mass is 10.2. The van der Waals surface area contributed by atoms with Gasteiger partial charge in [0, 0.05) is 36.2 Å². The van der Waals surface area contributed by atoms with Crippen LogP contribution in [-0.4, -0.2) is 20.2 Å². The van der Waals surface area contributed by atoms with Gasteiger partial charge in [0.2, 0.25) is 5.85 Å². The quantitative estimate of drug-likeness (QED) is 0.518. The largest absolute Gasteiger partial charge is 0.444 e. The Morgan fingerprint density at radius 2 is 1.76 bits per heavy atom. The Hall–Kier alpha value is -0.580. The van der Waals surface area contributed by atoms with Crippen molar-refractivity contribution in [3.8, 4) is 0 Å². The van der Waals surface area contributed by atoms with Crippen molar-refractivity contribution >= 4 is 36.8 Å². The first-order valence-electron chi connectivity index (χ1n) is 6.24. The van der Waals surface area contributed by atoms with Crippen LogP contribution in [0, 0.1) is 0 Å². The molecule has 1 unspecified atom stereocenters. The van der Waals surface area contributed by atoms with Gasteiger partial charge in [-0.1, -0.05) is 36.2 Å². The molecule has 0 heterocycles. The Bertz CT molecular complexity index is 521. The molecule has 0 amide bonds. The molecule has 0 spiro atoms. The molecular weight excluding hydrogens is 338 g/mol. The average Bonchev–Trinajstić information content (AvgIpc) is 2.45. The van der Waals surface area contributed by atoms with Crippen molar-refractivity contribution in [3.63, 3.8) is 0 Å². The van der Waals surface area contributed by atoms with Crippen molar-refractivity contribution in [2.24, 2.45) is 0 Å². The van der Waals surface area contributed by atoms with Crippen LogP contribution in [0.4, 0.5) is 0 Å². The molecule has 1 rings (SSSR count). The lowest BCUT2D eigenvalue weighted by Crippen LogP contribution is -2.14. The second-order valence-corrected chi connectivity index (χ2v) is 7.23. The van der Waals surface area contributed by atoms with Crippen LogP contribution in [0.3, 0.4) is 0 Å². The van der Waals surface area contributed by atoms with Gasteiger partial charge in [-0.2, -0.15) is 0 Å². The first kappa shape index (κ1) is 18.5. The van der Waals surface area contributed by atoms with E-state index in [1.807, 2.05) is 6.92 Å². The van der Waals surface area contributed by atoms with Crippen molar-refractivity contribution in [3.05, 3.63) is 33.8 Å². The molecule has 0 saturated heterocycles. The molecular formula is C13H17Cl2O5P. The van der Waals surface area contributed by atoms with Gasteiger partial charge in [0.1, 0.15) is 0 Å². The zero-order chi connectivity index (χ0) is 16.0. The highest BCUT2D eigenvalue weighted by Crippen LogP contribution is 2.62. The van der Waals surface area contributed by atoms with E-state index >= 15 is 0 Å². The summed E-state index contributed by atoms with van der Waals surface area (Å²) in [4.78, 5) is 11.8. The predicted octanol–water partition coefficient (Wildman–Crippen LogP) is 4.82. The third-order valence-corrected chi connectivity index (χ3v) is 5.36. The van der Waals surface area contributed by atoms with Crippen LogP contribution in [0.5, 0.6) is 0 Å². The molecule has 1 atom stereocenters.